The summed E-state index contributed by atoms with van der Waals surface area (Å²) >= 11 is 1.86. The summed E-state index contributed by atoms with van der Waals surface area (Å²) < 4.78 is 11.3. The van der Waals surface area contributed by atoms with Crippen molar-refractivity contribution in [1.29, 1.82) is 0 Å². The maximum atomic E-state index is 12.0. The molecule has 1 heterocycles. The Hall–Kier alpha value is -2.08. The van der Waals surface area contributed by atoms with Crippen LogP contribution >= 0.6 is 11.3 Å². The molecule has 0 bridgehead atoms. The van der Waals surface area contributed by atoms with E-state index in [1.54, 1.807) is 0 Å². The van der Waals surface area contributed by atoms with Crippen LogP contribution in [0.3, 0.4) is 0 Å². The molecular weight excluding hydrogens is 372 g/mol. The second-order valence-electron chi connectivity index (χ2n) is 6.97. The Bertz CT molecular complexity index is 736. The molecule has 0 saturated heterocycles. The van der Waals surface area contributed by atoms with Gasteiger partial charge in [-0.3, -0.25) is 4.79 Å². The molecule has 152 valence electrons. The summed E-state index contributed by atoms with van der Waals surface area (Å²) in [5.41, 5.74) is 1.32. The van der Waals surface area contributed by atoms with Gasteiger partial charge in [0.1, 0.15) is 0 Å². The van der Waals surface area contributed by atoms with E-state index in [2.05, 4.69) is 5.32 Å². The molecule has 1 aliphatic rings. The highest BCUT2D eigenvalue weighted by Crippen LogP contribution is 2.27. The standard InChI is InChI=1S/C22H30N2O3S/c1-2-26-18-10-4-5-11-19(18)27-16-8-13-21(25)23-15-7-14-22-24-17-9-3-6-12-20(17)28-22/h4-5,10-11H,2-3,6-9,12-16H2,1H3,(H,23,25). The van der Waals surface area contributed by atoms with E-state index in [-0.39, 0.29) is 5.91 Å². The minimum Gasteiger partial charge on any atom is -0.490 e. The molecule has 0 saturated carbocycles. The fourth-order valence-corrected chi connectivity index (χ4v) is 4.53. The first-order valence-electron chi connectivity index (χ1n) is 10.3. The Kier molecular flexibility index (Phi) is 8.15. The van der Waals surface area contributed by atoms with Crippen LogP contribution in [0, 0.1) is 0 Å². The Morgan fingerprint density at radius 2 is 1.93 bits per heavy atom. The van der Waals surface area contributed by atoms with Crippen molar-refractivity contribution in [1.82, 2.24) is 10.3 Å². The fourth-order valence-electron chi connectivity index (χ4n) is 3.33. The number of nitrogens with one attached hydrogen (secondary N) is 1. The van der Waals surface area contributed by atoms with Crippen LogP contribution < -0.4 is 14.8 Å². The van der Waals surface area contributed by atoms with Gasteiger partial charge >= 0.3 is 0 Å². The molecule has 5 nitrogen and oxygen atoms in total. The molecule has 0 spiro atoms. The van der Waals surface area contributed by atoms with Crippen LogP contribution in [0.5, 0.6) is 11.5 Å². The number of hydrogen-bond donors (Lipinski definition) is 1. The summed E-state index contributed by atoms with van der Waals surface area (Å²) in [5.74, 6) is 1.56. The van der Waals surface area contributed by atoms with Crippen LogP contribution in [0.2, 0.25) is 0 Å². The Balaban J connectivity index is 1.27. The SMILES string of the molecule is CCOc1ccccc1OCCCC(=O)NCCCc1nc2c(s1)CCCC2. The third-order valence-corrected chi connectivity index (χ3v) is 5.95. The van der Waals surface area contributed by atoms with E-state index < -0.39 is 0 Å². The lowest BCUT2D eigenvalue weighted by Crippen LogP contribution is -2.24. The number of aromatic nitrogens is 1. The Morgan fingerprint density at radius 1 is 1.14 bits per heavy atom. The van der Waals surface area contributed by atoms with Gasteiger partial charge in [-0.25, -0.2) is 4.98 Å². The zero-order chi connectivity index (χ0) is 19.6. The van der Waals surface area contributed by atoms with Crippen LogP contribution in [0.4, 0.5) is 0 Å². The average molecular weight is 403 g/mol. The first kappa shape index (κ1) is 20.6. The number of fused-ring (bicyclic) bond motifs is 1. The van der Waals surface area contributed by atoms with E-state index >= 15 is 0 Å². The summed E-state index contributed by atoms with van der Waals surface area (Å²) in [6.45, 7) is 3.76. The number of carbonyl (C=O) groups is 1. The van der Waals surface area contributed by atoms with Crippen molar-refractivity contribution in [2.24, 2.45) is 0 Å². The first-order valence-corrected chi connectivity index (χ1v) is 11.2. The highest BCUT2D eigenvalue weighted by atomic mass is 32.1. The molecule has 0 fully saturated rings. The predicted octanol–water partition coefficient (Wildman–Crippen LogP) is 4.33. The highest BCUT2D eigenvalue weighted by molar-refractivity contribution is 7.11. The van der Waals surface area contributed by atoms with E-state index in [4.69, 9.17) is 14.5 Å². The number of hydrogen-bond acceptors (Lipinski definition) is 5. The summed E-state index contributed by atoms with van der Waals surface area (Å²) in [7, 11) is 0. The predicted molar refractivity (Wildman–Crippen MR) is 112 cm³/mol. The average Bonchev–Trinajstić information content (AvgIpc) is 3.13. The van der Waals surface area contributed by atoms with Crippen molar-refractivity contribution in [3.05, 3.63) is 39.8 Å². The number of benzene rings is 1. The monoisotopic (exact) mass is 402 g/mol. The minimum atomic E-state index is 0.0835. The van der Waals surface area contributed by atoms with Gasteiger partial charge in [-0.2, -0.15) is 0 Å². The molecule has 2 aromatic rings. The van der Waals surface area contributed by atoms with Crippen molar-refractivity contribution >= 4 is 17.2 Å². The Morgan fingerprint density at radius 3 is 2.71 bits per heavy atom. The number of amides is 1. The van der Waals surface area contributed by atoms with Gasteiger partial charge in [0.2, 0.25) is 5.91 Å². The zero-order valence-corrected chi connectivity index (χ0v) is 17.5. The van der Waals surface area contributed by atoms with E-state index in [1.165, 1.54) is 34.8 Å². The van der Waals surface area contributed by atoms with Gasteiger partial charge < -0.3 is 14.8 Å². The van der Waals surface area contributed by atoms with Gasteiger partial charge in [0.25, 0.3) is 0 Å². The molecule has 1 aromatic heterocycles. The number of nitrogens with zero attached hydrogens (tertiary/aromatic N) is 1. The number of thiazole rings is 1. The smallest absolute Gasteiger partial charge is 0.220 e. The third kappa shape index (κ3) is 6.23. The van der Waals surface area contributed by atoms with E-state index in [9.17, 15) is 4.79 Å². The molecule has 0 atom stereocenters. The number of ether oxygens (including phenoxy) is 2. The molecule has 6 heteroatoms. The molecule has 3 rings (SSSR count). The van der Waals surface area contributed by atoms with Gasteiger partial charge in [-0.1, -0.05) is 12.1 Å². The fraction of sp³-hybridized carbons (Fsp3) is 0.545. The van der Waals surface area contributed by atoms with Gasteiger partial charge in [-0.15, -0.1) is 11.3 Å². The van der Waals surface area contributed by atoms with Crippen molar-refractivity contribution < 1.29 is 14.3 Å². The molecule has 1 aromatic carbocycles. The second-order valence-corrected chi connectivity index (χ2v) is 8.14. The van der Waals surface area contributed by atoms with Crippen LogP contribution in [-0.2, 0) is 24.1 Å². The lowest BCUT2D eigenvalue weighted by molar-refractivity contribution is -0.121. The lowest BCUT2D eigenvalue weighted by atomic mass is 10.0. The summed E-state index contributed by atoms with van der Waals surface area (Å²) in [6.07, 6.45) is 7.96. The maximum absolute atomic E-state index is 12.0. The molecule has 1 amide bonds. The van der Waals surface area contributed by atoms with Gasteiger partial charge in [-0.05, 0) is 57.6 Å². The Labute approximate surface area is 171 Å². The summed E-state index contributed by atoms with van der Waals surface area (Å²) in [4.78, 5) is 18.2. The quantitative estimate of drug-likeness (QED) is 0.569. The van der Waals surface area contributed by atoms with Gasteiger partial charge in [0.05, 0.1) is 23.9 Å². The second kappa shape index (κ2) is 11.1. The summed E-state index contributed by atoms with van der Waals surface area (Å²) in [5, 5.41) is 4.23. The van der Waals surface area contributed by atoms with Crippen LogP contribution in [0.15, 0.2) is 24.3 Å². The topological polar surface area (TPSA) is 60.5 Å². The van der Waals surface area contributed by atoms with Crippen LogP contribution in [-0.4, -0.2) is 30.6 Å². The van der Waals surface area contributed by atoms with Crippen molar-refractivity contribution in [3.8, 4) is 11.5 Å². The summed E-state index contributed by atoms with van der Waals surface area (Å²) in [6, 6.07) is 7.63. The molecular formula is C22H30N2O3S. The van der Waals surface area contributed by atoms with Gasteiger partial charge in [0.15, 0.2) is 11.5 Å². The van der Waals surface area contributed by atoms with Crippen molar-refractivity contribution in [2.45, 2.75) is 58.3 Å². The van der Waals surface area contributed by atoms with Crippen molar-refractivity contribution in [3.63, 3.8) is 0 Å². The maximum Gasteiger partial charge on any atom is 0.220 e. The molecule has 0 aliphatic heterocycles. The number of rotatable bonds is 11. The normalized spacial score (nSPS) is 13.0. The number of aryl methyl sites for hydroxylation is 3. The largest absolute Gasteiger partial charge is 0.490 e. The molecule has 0 radical (unpaired) electrons. The zero-order valence-electron chi connectivity index (χ0n) is 16.7. The minimum absolute atomic E-state index is 0.0835. The van der Waals surface area contributed by atoms with E-state index in [1.807, 2.05) is 42.5 Å². The number of para-hydroxylation sites is 2. The van der Waals surface area contributed by atoms with Crippen LogP contribution in [0.25, 0.3) is 0 Å². The molecule has 0 unspecified atom stereocenters. The van der Waals surface area contributed by atoms with Crippen LogP contribution in [0.1, 0.15) is 54.6 Å². The molecule has 1 aliphatic carbocycles. The highest BCUT2D eigenvalue weighted by Gasteiger charge is 2.14. The van der Waals surface area contributed by atoms with E-state index in [0.717, 1.165) is 30.8 Å². The van der Waals surface area contributed by atoms with E-state index in [0.29, 0.717) is 32.6 Å². The lowest BCUT2D eigenvalue weighted by Gasteiger charge is -2.11. The molecule has 28 heavy (non-hydrogen) atoms. The van der Waals surface area contributed by atoms with Crippen molar-refractivity contribution in [2.75, 3.05) is 19.8 Å². The third-order valence-electron chi connectivity index (χ3n) is 4.73. The van der Waals surface area contributed by atoms with Gasteiger partial charge in [0, 0.05) is 24.3 Å². The number of carbonyl (C=O) groups excluding carboxylic acids is 1. The molecule has 1 N–H and O–H groups in total. The first-order chi connectivity index (χ1) is 13.8.